The van der Waals surface area contributed by atoms with Crippen LogP contribution in [0.2, 0.25) is 0 Å². The average Bonchev–Trinajstić information content (AvgIpc) is 2.15. The van der Waals surface area contributed by atoms with E-state index in [2.05, 4.69) is 20.8 Å². The van der Waals surface area contributed by atoms with Gasteiger partial charge in [-0.1, -0.05) is 26.8 Å². The Bertz CT molecular complexity index is 329. The van der Waals surface area contributed by atoms with Crippen LogP contribution < -0.4 is 4.74 Å². The Labute approximate surface area is 89.7 Å². The maximum absolute atomic E-state index is 13.3. The van der Waals surface area contributed by atoms with Crippen LogP contribution in [-0.2, 0) is 5.41 Å². The monoisotopic (exact) mass is 212 g/mol. The molecule has 3 heteroatoms. The predicted octanol–water partition coefficient (Wildman–Crippen LogP) is 2.49. The van der Waals surface area contributed by atoms with Gasteiger partial charge in [-0.2, -0.15) is 0 Å². The van der Waals surface area contributed by atoms with Gasteiger partial charge in [0.15, 0.2) is 11.6 Å². The lowest BCUT2D eigenvalue weighted by molar-refractivity contribution is 0.196. The molecule has 2 nitrogen and oxygen atoms in total. The van der Waals surface area contributed by atoms with Crippen molar-refractivity contribution in [2.75, 3.05) is 13.2 Å². The first kappa shape index (κ1) is 12.0. The smallest absolute Gasteiger partial charge is 0.165 e. The first-order chi connectivity index (χ1) is 6.95. The molecular weight excluding hydrogens is 195 g/mol. The number of aliphatic hydroxyl groups is 1. The van der Waals surface area contributed by atoms with Crippen molar-refractivity contribution >= 4 is 0 Å². The summed E-state index contributed by atoms with van der Waals surface area (Å²) < 4.78 is 18.4. The number of benzene rings is 1. The van der Waals surface area contributed by atoms with Crippen LogP contribution in [0.3, 0.4) is 0 Å². The van der Waals surface area contributed by atoms with Crippen molar-refractivity contribution in [3.05, 3.63) is 29.6 Å². The molecule has 0 heterocycles. The number of halogens is 1. The van der Waals surface area contributed by atoms with Gasteiger partial charge in [0.1, 0.15) is 6.61 Å². The molecule has 0 bridgehead atoms. The van der Waals surface area contributed by atoms with Gasteiger partial charge in [-0.15, -0.1) is 0 Å². The van der Waals surface area contributed by atoms with Gasteiger partial charge in [-0.05, 0) is 23.1 Å². The number of aliphatic hydroxyl groups excluding tert-OH is 1. The van der Waals surface area contributed by atoms with Crippen LogP contribution in [0.1, 0.15) is 26.3 Å². The average molecular weight is 212 g/mol. The second-order valence-corrected chi connectivity index (χ2v) is 4.47. The van der Waals surface area contributed by atoms with E-state index in [0.29, 0.717) is 0 Å². The van der Waals surface area contributed by atoms with E-state index in [4.69, 9.17) is 9.84 Å². The summed E-state index contributed by atoms with van der Waals surface area (Å²) in [6, 6.07) is 4.83. The summed E-state index contributed by atoms with van der Waals surface area (Å²) in [5.41, 5.74) is 0.974. The second-order valence-electron chi connectivity index (χ2n) is 4.47. The molecule has 0 saturated carbocycles. The van der Waals surface area contributed by atoms with Gasteiger partial charge in [0, 0.05) is 0 Å². The van der Waals surface area contributed by atoms with Crippen molar-refractivity contribution in [3.8, 4) is 5.75 Å². The molecule has 0 atom stereocenters. The van der Waals surface area contributed by atoms with Gasteiger partial charge in [-0.3, -0.25) is 0 Å². The number of ether oxygens (including phenoxy) is 1. The van der Waals surface area contributed by atoms with Crippen LogP contribution in [0.4, 0.5) is 4.39 Å². The van der Waals surface area contributed by atoms with Crippen molar-refractivity contribution in [3.63, 3.8) is 0 Å². The molecule has 0 spiro atoms. The van der Waals surface area contributed by atoms with Crippen molar-refractivity contribution in [2.24, 2.45) is 0 Å². The lowest BCUT2D eigenvalue weighted by Crippen LogP contribution is -2.12. The molecule has 0 aromatic heterocycles. The highest BCUT2D eigenvalue weighted by Gasteiger charge is 2.16. The van der Waals surface area contributed by atoms with Crippen LogP contribution in [0, 0.1) is 5.82 Å². The standard InChI is InChI=1S/C12H17FO2/c1-12(2,3)9-4-5-10(13)11(8-9)15-7-6-14/h4-5,8,14H,6-7H2,1-3H3. The van der Waals surface area contributed by atoms with Crippen LogP contribution in [0.15, 0.2) is 18.2 Å². The number of hydrogen-bond acceptors (Lipinski definition) is 2. The van der Waals surface area contributed by atoms with E-state index in [-0.39, 0.29) is 24.4 Å². The minimum Gasteiger partial charge on any atom is -0.488 e. The van der Waals surface area contributed by atoms with Gasteiger partial charge in [0.05, 0.1) is 6.61 Å². The van der Waals surface area contributed by atoms with E-state index in [1.807, 2.05) is 0 Å². The van der Waals surface area contributed by atoms with Crippen LogP contribution >= 0.6 is 0 Å². The van der Waals surface area contributed by atoms with E-state index in [1.54, 1.807) is 12.1 Å². The van der Waals surface area contributed by atoms with Gasteiger partial charge in [0.25, 0.3) is 0 Å². The minimum absolute atomic E-state index is 0.0367. The molecule has 0 unspecified atom stereocenters. The van der Waals surface area contributed by atoms with Gasteiger partial charge >= 0.3 is 0 Å². The lowest BCUT2D eigenvalue weighted by Gasteiger charge is -2.20. The Hall–Kier alpha value is -1.09. The Balaban J connectivity index is 2.95. The summed E-state index contributed by atoms with van der Waals surface area (Å²) in [5, 5.41) is 8.60. The third-order valence-corrected chi connectivity index (χ3v) is 2.15. The molecule has 1 aromatic carbocycles. The zero-order chi connectivity index (χ0) is 11.5. The van der Waals surface area contributed by atoms with Gasteiger partial charge in [0.2, 0.25) is 0 Å². The maximum Gasteiger partial charge on any atom is 0.165 e. The quantitative estimate of drug-likeness (QED) is 0.834. The molecular formula is C12H17FO2. The normalized spacial score (nSPS) is 11.5. The van der Waals surface area contributed by atoms with Crippen molar-refractivity contribution in [1.29, 1.82) is 0 Å². The minimum atomic E-state index is -0.392. The van der Waals surface area contributed by atoms with E-state index in [9.17, 15) is 4.39 Å². The summed E-state index contributed by atoms with van der Waals surface area (Å²) in [7, 11) is 0. The Morgan fingerprint density at radius 2 is 2.00 bits per heavy atom. The van der Waals surface area contributed by atoms with Gasteiger partial charge in [-0.25, -0.2) is 4.39 Å². The molecule has 1 rings (SSSR count). The topological polar surface area (TPSA) is 29.5 Å². The fraction of sp³-hybridized carbons (Fsp3) is 0.500. The van der Waals surface area contributed by atoms with Crippen molar-refractivity contribution < 1.29 is 14.2 Å². The van der Waals surface area contributed by atoms with E-state index in [0.717, 1.165) is 5.56 Å². The molecule has 1 aromatic rings. The third kappa shape index (κ3) is 3.20. The van der Waals surface area contributed by atoms with Crippen LogP contribution in [0.25, 0.3) is 0 Å². The van der Waals surface area contributed by atoms with E-state index >= 15 is 0 Å². The van der Waals surface area contributed by atoms with Crippen molar-refractivity contribution in [1.82, 2.24) is 0 Å². The highest BCUT2D eigenvalue weighted by Crippen LogP contribution is 2.27. The summed E-state index contributed by atoms with van der Waals surface area (Å²) in [6.07, 6.45) is 0. The lowest BCUT2D eigenvalue weighted by atomic mass is 9.87. The maximum atomic E-state index is 13.3. The second kappa shape index (κ2) is 4.62. The van der Waals surface area contributed by atoms with E-state index in [1.165, 1.54) is 6.07 Å². The molecule has 0 radical (unpaired) electrons. The fourth-order valence-electron chi connectivity index (χ4n) is 1.24. The molecule has 84 valence electrons. The zero-order valence-corrected chi connectivity index (χ0v) is 9.38. The fourth-order valence-corrected chi connectivity index (χ4v) is 1.24. The molecule has 0 amide bonds. The SMILES string of the molecule is CC(C)(C)c1ccc(F)c(OCCO)c1. The largest absolute Gasteiger partial charge is 0.488 e. The molecule has 0 aliphatic carbocycles. The van der Waals surface area contributed by atoms with Crippen LogP contribution in [0.5, 0.6) is 5.75 Å². The van der Waals surface area contributed by atoms with Crippen LogP contribution in [-0.4, -0.2) is 18.3 Å². The highest BCUT2D eigenvalue weighted by molar-refractivity contribution is 5.34. The molecule has 1 N–H and O–H groups in total. The number of hydrogen-bond donors (Lipinski definition) is 1. The third-order valence-electron chi connectivity index (χ3n) is 2.15. The number of rotatable bonds is 3. The Morgan fingerprint density at radius 3 is 2.53 bits per heavy atom. The summed E-state index contributed by atoms with van der Waals surface area (Å²) >= 11 is 0. The zero-order valence-electron chi connectivity index (χ0n) is 9.38. The molecule has 0 saturated heterocycles. The van der Waals surface area contributed by atoms with Crippen molar-refractivity contribution in [2.45, 2.75) is 26.2 Å². The Morgan fingerprint density at radius 1 is 1.33 bits per heavy atom. The molecule has 0 fully saturated rings. The summed E-state index contributed by atoms with van der Waals surface area (Å²) in [6.45, 7) is 6.16. The predicted molar refractivity (Wildman–Crippen MR) is 57.7 cm³/mol. The highest BCUT2D eigenvalue weighted by atomic mass is 19.1. The summed E-state index contributed by atoms with van der Waals surface area (Å²) in [4.78, 5) is 0. The van der Waals surface area contributed by atoms with Gasteiger partial charge < -0.3 is 9.84 Å². The first-order valence-corrected chi connectivity index (χ1v) is 4.99. The first-order valence-electron chi connectivity index (χ1n) is 4.99. The Kier molecular flexibility index (Phi) is 3.69. The van der Waals surface area contributed by atoms with E-state index < -0.39 is 5.82 Å². The summed E-state index contributed by atoms with van der Waals surface area (Å²) in [5.74, 6) is -0.187. The molecule has 0 aliphatic heterocycles. The molecule has 15 heavy (non-hydrogen) atoms. The molecule has 0 aliphatic rings.